The number of halogens is 1. The topological polar surface area (TPSA) is 38.3 Å². The van der Waals surface area contributed by atoms with Crippen molar-refractivity contribution >= 4 is 33.0 Å². The van der Waals surface area contributed by atoms with Gasteiger partial charge in [-0.15, -0.1) is 11.3 Å². The molecule has 1 amide bonds. The Morgan fingerprint density at radius 3 is 3.00 bits per heavy atom. The zero-order valence-corrected chi connectivity index (χ0v) is 12.4. The lowest BCUT2D eigenvalue weighted by molar-refractivity contribution is 0.103. The van der Waals surface area contributed by atoms with E-state index in [2.05, 4.69) is 5.32 Å². The first-order valence-corrected chi connectivity index (χ1v) is 7.77. The number of benzene rings is 2. The average Bonchev–Trinajstić information content (AvgIpc) is 3.13. The van der Waals surface area contributed by atoms with Crippen LogP contribution in [0.1, 0.15) is 15.2 Å². The highest BCUT2D eigenvalue weighted by atomic mass is 32.1. The zero-order valence-electron chi connectivity index (χ0n) is 11.6. The Morgan fingerprint density at radius 1 is 1.23 bits per heavy atom. The van der Waals surface area contributed by atoms with Crippen LogP contribution in [0.4, 0.5) is 10.1 Å². The summed E-state index contributed by atoms with van der Waals surface area (Å²) in [5.74, 6) is 0.351. The van der Waals surface area contributed by atoms with E-state index in [1.807, 2.05) is 24.3 Å². The number of hydrogen-bond acceptors (Lipinski definition) is 3. The first kappa shape index (κ1) is 13.3. The summed E-state index contributed by atoms with van der Waals surface area (Å²) in [5, 5.41) is 3.35. The lowest BCUT2D eigenvalue weighted by Gasteiger charge is -2.05. The predicted octanol–water partition coefficient (Wildman–Crippen LogP) is 4.23. The molecule has 0 saturated heterocycles. The minimum Gasteiger partial charge on any atom is -0.493 e. The molecule has 110 valence electrons. The molecule has 22 heavy (non-hydrogen) atoms. The summed E-state index contributed by atoms with van der Waals surface area (Å²) in [4.78, 5) is 12.8. The molecule has 1 aliphatic heterocycles. The molecule has 0 unspecified atom stereocenters. The molecule has 0 fully saturated rings. The van der Waals surface area contributed by atoms with Crippen LogP contribution in [0, 0.1) is 5.82 Å². The van der Waals surface area contributed by atoms with Crippen LogP contribution in [0.3, 0.4) is 0 Å². The molecule has 0 bridgehead atoms. The van der Waals surface area contributed by atoms with Gasteiger partial charge in [-0.25, -0.2) is 4.39 Å². The van der Waals surface area contributed by atoms with Crippen LogP contribution >= 0.6 is 11.3 Å². The predicted molar refractivity (Wildman–Crippen MR) is 85.4 cm³/mol. The second kappa shape index (κ2) is 5.10. The molecule has 0 atom stereocenters. The highest BCUT2D eigenvalue weighted by molar-refractivity contribution is 7.20. The number of amides is 1. The van der Waals surface area contributed by atoms with Gasteiger partial charge in [-0.1, -0.05) is 6.07 Å². The van der Waals surface area contributed by atoms with E-state index < -0.39 is 0 Å². The third-order valence-electron chi connectivity index (χ3n) is 3.68. The second-order valence-corrected chi connectivity index (χ2v) is 6.22. The fourth-order valence-electron chi connectivity index (χ4n) is 2.59. The summed E-state index contributed by atoms with van der Waals surface area (Å²) in [5.41, 5.74) is 1.83. The third kappa shape index (κ3) is 2.23. The number of carbonyl (C=O) groups excluding carboxylic acids is 1. The van der Waals surface area contributed by atoms with Crippen LogP contribution in [0.2, 0.25) is 0 Å². The fraction of sp³-hybridized carbons (Fsp3) is 0.118. The van der Waals surface area contributed by atoms with E-state index in [1.54, 1.807) is 12.1 Å². The molecule has 1 aliphatic rings. The van der Waals surface area contributed by atoms with E-state index >= 15 is 0 Å². The number of ether oxygens (including phenoxy) is 1. The van der Waals surface area contributed by atoms with Crippen molar-refractivity contribution in [1.82, 2.24) is 0 Å². The molecule has 4 rings (SSSR count). The monoisotopic (exact) mass is 313 g/mol. The summed E-state index contributed by atoms with van der Waals surface area (Å²) in [6, 6.07) is 12.1. The highest BCUT2D eigenvalue weighted by Crippen LogP contribution is 2.30. The zero-order chi connectivity index (χ0) is 15.1. The molecule has 0 spiro atoms. The van der Waals surface area contributed by atoms with Crippen molar-refractivity contribution in [2.75, 3.05) is 11.9 Å². The van der Waals surface area contributed by atoms with Gasteiger partial charge in [0, 0.05) is 22.2 Å². The summed E-state index contributed by atoms with van der Waals surface area (Å²) in [6.45, 7) is 0.683. The van der Waals surface area contributed by atoms with Crippen molar-refractivity contribution in [3.63, 3.8) is 0 Å². The van der Waals surface area contributed by atoms with Gasteiger partial charge < -0.3 is 10.1 Å². The normalized spacial score (nSPS) is 13.0. The minimum atomic E-state index is -0.303. The molecule has 0 saturated carbocycles. The molecule has 1 aromatic heterocycles. The largest absolute Gasteiger partial charge is 0.493 e. The van der Waals surface area contributed by atoms with Crippen LogP contribution in [0.5, 0.6) is 5.75 Å². The molecule has 5 heteroatoms. The summed E-state index contributed by atoms with van der Waals surface area (Å²) >= 11 is 1.29. The molecule has 3 nitrogen and oxygen atoms in total. The van der Waals surface area contributed by atoms with E-state index in [0.29, 0.717) is 16.9 Å². The lowest BCUT2D eigenvalue weighted by atomic mass is 10.1. The lowest BCUT2D eigenvalue weighted by Crippen LogP contribution is -2.10. The van der Waals surface area contributed by atoms with Gasteiger partial charge in [0.1, 0.15) is 11.6 Å². The van der Waals surface area contributed by atoms with Crippen molar-refractivity contribution in [3.05, 3.63) is 58.7 Å². The van der Waals surface area contributed by atoms with Crippen molar-refractivity contribution in [2.24, 2.45) is 0 Å². The maximum atomic E-state index is 13.7. The summed E-state index contributed by atoms with van der Waals surface area (Å²) in [7, 11) is 0. The number of hydrogen-bond donors (Lipinski definition) is 1. The summed E-state index contributed by atoms with van der Waals surface area (Å²) < 4.78 is 19.9. The Hall–Kier alpha value is -2.40. The van der Waals surface area contributed by atoms with Crippen LogP contribution in [0.25, 0.3) is 10.1 Å². The number of carbonyl (C=O) groups is 1. The Bertz CT molecular complexity index is 887. The fourth-order valence-corrected chi connectivity index (χ4v) is 3.56. The van der Waals surface area contributed by atoms with Crippen LogP contribution in [-0.2, 0) is 6.42 Å². The first-order chi connectivity index (χ1) is 10.7. The first-order valence-electron chi connectivity index (χ1n) is 6.96. The minimum absolute atomic E-state index is 0.223. The molecule has 0 radical (unpaired) electrons. The van der Waals surface area contributed by atoms with Gasteiger partial charge >= 0.3 is 0 Å². The smallest absolute Gasteiger partial charge is 0.265 e. The van der Waals surface area contributed by atoms with Gasteiger partial charge in [0.15, 0.2) is 0 Å². The van der Waals surface area contributed by atoms with E-state index in [9.17, 15) is 9.18 Å². The van der Waals surface area contributed by atoms with Crippen molar-refractivity contribution in [1.29, 1.82) is 0 Å². The van der Waals surface area contributed by atoms with Crippen molar-refractivity contribution < 1.29 is 13.9 Å². The number of rotatable bonds is 2. The number of thiophene rings is 1. The Morgan fingerprint density at radius 2 is 2.14 bits per heavy atom. The molecular weight excluding hydrogens is 301 g/mol. The second-order valence-electron chi connectivity index (χ2n) is 5.14. The van der Waals surface area contributed by atoms with Gasteiger partial charge in [0.2, 0.25) is 0 Å². The molecule has 1 N–H and O–H groups in total. The van der Waals surface area contributed by atoms with Crippen molar-refractivity contribution in [2.45, 2.75) is 6.42 Å². The van der Waals surface area contributed by atoms with E-state index in [1.165, 1.54) is 17.4 Å². The van der Waals surface area contributed by atoms with Crippen LogP contribution in [-0.4, -0.2) is 12.5 Å². The van der Waals surface area contributed by atoms with Crippen molar-refractivity contribution in [3.8, 4) is 5.75 Å². The van der Waals surface area contributed by atoms with Gasteiger partial charge in [0.05, 0.1) is 11.5 Å². The number of nitrogens with one attached hydrogen (secondary N) is 1. The highest BCUT2D eigenvalue weighted by Gasteiger charge is 2.15. The average molecular weight is 313 g/mol. The van der Waals surface area contributed by atoms with E-state index in [-0.39, 0.29) is 11.7 Å². The van der Waals surface area contributed by atoms with Crippen LogP contribution in [0.15, 0.2) is 42.5 Å². The van der Waals surface area contributed by atoms with Gasteiger partial charge in [-0.3, -0.25) is 4.79 Å². The molecule has 2 aromatic carbocycles. The molecule has 3 aromatic rings. The molecule has 2 heterocycles. The summed E-state index contributed by atoms with van der Waals surface area (Å²) in [6.07, 6.45) is 0.854. The van der Waals surface area contributed by atoms with Gasteiger partial charge in [0.25, 0.3) is 5.91 Å². The quantitative estimate of drug-likeness (QED) is 0.769. The third-order valence-corrected chi connectivity index (χ3v) is 4.78. The van der Waals surface area contributed by atoms with Gasteiger partial charge in [-0.2, -0.15) is 0 Å². The number of anilines is 1. The van der Waals surface area contributed by atoms with E-state index in [0.717, 1.165) is 28.1 Å². The SMILES string of the molecule is O=C(Nc1ccc2c(c1)CCO2)c1cc2c(F)cccc2s1. The van der Waals surface area contributed by atoms with Crippen LogP contribution < -0.4 is 10.1 Å². The van der Waals surface area contributed by atoms with Gasteiger partial charge in [-0.05, 0) is 42.0 Å². The standard InChI is InChI=1S/C17H12FNO2S/c18-13-2-1-3-15-12(13)9-16(22-15)17(20)19-11-4-5-14-10(8-11)6-7-21-14/h1-5,8-9H,6-7H2,(H,19,20). The number of fused-ring (bicyclic) bond motifs is 2. The molecular formula is C17H12FNO2S. The molecule has 0 aliphatic carbocycles. The maximum absolute atomic E-state index is 13.7. The Kier molecular flexibility index (Phi) is 3.08. The Balaban J connectivity index is 1.62. The van der Waals surface area contributed by atoms with E-state index in [4.69, 9.17) is 4.74 Å². The maximum Gasteiger partial charge on any atom is 0.265 e. The Labute approximate surface area is 130 Å².